The molecule has 3 aromatic heterocycles. The van der Waals surface area contributed by atoms with Crippen LogP contribution in [0.4, 0.5) is 0 Å². The first kappa shape index (κ1) is 16.8. The van der Waals surface area contributed by atoms with Crippen LogP contribution < -0.4 is 10.7 Å². The zero-order chi connectivity index (χ0) is 19.0. The van der Waals surface area contributed by atoms with E-state index in [2.05, 4.69) is 15.0 Å². The number of para-hydroxylation sites is 1. The Hall–Kier alpha value is -3.61. The molecule has 7 heteroatoms. The van der Waals surface area contributed by atoms with Gasteiger partial charge in [0.2, 0.25) is 11.5 Å². The van der Waals surface area contributed by atoms with Crippen LogP contribution in [-0.2, 0) is 4.79 Å². The molecular formula is C20H19N4O3+. The molecule has 7 nitrogen and oxygen atoms in total. The molecule has 1 atom stereocenters. The van der Waals surface area contributed by atoms with Crippen molar-refractivity contribution in [3.63, 3.8) is 0 Å². The molecule has 0 aliphatic carbocycles. The highest BCUT2D eigenvalue weighted by molar-refractivity contribution is 5.92. The van der Waals surface area contributed by atoms with Crippen LogP contribution >= 0.6 is 0 Å². The maximum atomic E-state index is 12.6. The van der Waals surface area contributed by atoms with Gasteiger partial charge in [-0.2, -0.15) is 9.78 Å². The molecule has 3 N–H and O–H groups in total. The lowest BCUT2D eigenvalue weighted by Gasteiger charge is -2.23. The van der Waals surface area contributed by atoms with Gasteiger partial charge in [0.1, 0.15) is 0 Å². The average Bonchev–Trinajstić information content (AvgIpc) is 3.26. The number of pyridine rings is 1. The number of carbonyl (C=O) groups excluding carboxylic acids is 1. The van der Waals surface area contributed by atoms with E-state index in [0.29, 0.717) is 11.2 Å². The first-order valence-electron chi connectivity index (χ1n) is 8.58. The first-order chi connectivity index (χ1) is 13.0. The SMILES string of the molecule is CC(c1c[nH]c2ccccc12)N(C)C(=O)C=Cc1c[nH+]c2[nH]c(=O)oc2c1. The molecule has 1 aromatic carbocycles. The van der Waals surface area contributed by atoms with Gasteiger partial charge in [0.05, 0.1) is 12.2 Å². The summed E-state index contributed by atoms with van der Waals surface area (Å²) in [5.41, 5.74) is 3.77. The molecule has 4 rings (SSSR count). The Balaban J connectivity index is 1.54. The summed E-state index contributed by atoms with van der Waals surface area (Å²) in [7, 11) is 1.78. The highest BCUT2D eigenvalue weighted by Crippen LogP contribution is 2.27. The van der Waals surface area contributed by atoms with Crippen LogP contribution in [0.15, 0.2) is 58.0 Å². The second-order valence-electron chi connectivity index (χ2n) is 6.43. The summed E-state index contributed by atoms with van der Waals surface area (Å²) in [4.78, 5) is 34.2. The number of amides is 1. The minimum Gasteiger partial charge on any atom is -0.383 e. The molecule has 0 radical (unpaired) electrons. The zero-order valence-electron chi connectivity index (χ0n) is 14.9. The standard InChI is InChI=1S/C20H18N4O3/c1-12(15-11-21-16-6-4-3-5-14(15)16)24(2)18(25)8-7-13-9-17-19(22-10-13)23-20(26)27-17/h3-12,21H,1-2H3,(H,22,23,26)/p+1. The number of nitrogens with zero attached hydrogens (tertiary/aromatic N) is 1. The summed E-state index contributed by atoms with van der Waals surface area (Å²) >= 11 is 0. The molecular weight excluding hydrogens is 344 g/mol. The molecule has 4 aromatic rings. The number of fused-ring (bicyclic) bond motifs is 2. The lowest BCUT2D eigenvalue weighted by atomic mass is 10.1. The fourth-order valence-electron chi connectivity index (χ4n) is 3.12. The topological polar surface area (TPSA) is 96.2 Å². The Labute approximate surface area is 154 Å². The van der Waals surface area contributed by atoms with Gasteiger partial charge in [-0.1, -0.05) is 18.2 Å². The van der Waals surface area contributed by atoms with Gasteiger partial charge >= 0.3 is 11.4 Å². The number of likely N-dealkylation sites (N-methyl/N-ethyl adjacent to an activating group) is 1. The first-order valence-corrected chi connectivity index (χ1v) is 8.58. The van der Waals surface area contributed by atoms with Gasteiger partial charge in [-0.3, -0.25) is 4.79 Å². The fraction of sp³-hybridized carbons (Fsp3) is 0.150. The molecule has 1 unspecified atom stereocenters. The van der Waals surface area contributed by atoms with Gasteiger partial charge in [0.15, 0.2) is 0 Å². The van der Waals surface area contributed by atoms with Crippen molar-refractivity contribution >= 4 is 34.1 Å². The van der Waals surface area contributed by atoms with Crippen LogP contribution in [0.1, 0.15) is 24.1 Å². The van der Waals surface area contributed by atoms with E-state index in [1.165, 1.54) is 6.08 Å². The lowest BCUT2D eigenvalue weighted by Crippen LogP contribution is -2.27. The molecule has 0 fully saturated rings. The number of aromatic nitrogens is 3. The van der Waals surface area contributed by atoms with E-state index >= 15 is 0 Å². The molecule has 0 aliphatic rings. The molecule has 0 saturated heterocycles. The van der Waals surface area contributed by atoms with Crippen molar-refractivity contribution in [1.82, 2.24) is 14.9 Å². The van der Waals surface area contributed by atoms with Gasteiger partial charge < -0.3 is 14.3 Å². The van der Waals surface area contributed by atoms with E-state index in [0.717, 1.165) is 22.0 Å². The maximum Gasteiger partial charge on any atom is 0.510 e. The number of hydrogen-bond donors (Lipinski definition) is 2. The molecule has 0 saturated carbocycles. The largest absolute Gasteiger partial charge is 0.510 e. The summed E-state index contributed by atoms with van der Waals surface area (Å²) in [6.45, 7) is 2.00. The van der Waals surface area contributed by atoms with Gasteiger partial charge in [0.25, 0.3) is 0 Å². The van der Waals surface area contributed by atoms with Gasteiger partial charge in [-0.05, 0) is 24.6 Å². The number of rotatable bonds is 4. The number of oxazole rings is 1. The zero-order valence-corrected chi connectivity index (χ0v) is 14.9. The predicted molar refractivity (Wildman–Crippen MR) is 102 cm³/mol. The summed E-state index contributed by atoms with van der Waals surface area (Å²) in [6, 6.07) is 9.62. The van der Waals surface area contributed by atoms with Gasteiger partial charge in [-0.25, -0.2) is 4.98 Å². The number of aromatic amines is 3. The summed E-state index contributed by atoms with van der Waals surface area (Å²) in [6.07, 6.45) is 6.83. The van der Waals surface area contributed by atoms with Crippen molar-refractivity contribution in [3.05, 3.63) is 70.5 Å². The van der Waals surface area contributed by atoms with Crippen LogP contribution in [0.5, 0.6) is 0 Å². The minimum absolute atomic E-state index is 0.0879. The third-order valence-electron chi connectivity index (χ3n) is 4.78. The number of H-pyrrole nitrogens is 3. The van der Waals surface area contributed by atoms with Crippen molar-refractivity contribution in [2.24, 2.45) is 0 Å². The van der Waals surface area contributed by atoms with Crippen LogP contribution in [-0.4, -0.2) is 27.8 Å². The Bertz CT molecular complexity index is 1210. The monoisotopic (exact) mass is 363 g/mol. The van der Waals surface area contributed by atoms with E-state index in [9.17, 15) is 9.59 Å². The van der Waals surface area contributed by atoms with Crippen LogP contribution in [0.2, 0.25) is 0 Å². The molecule has 0 aliphatic heterocycles. The van der Waals surface area contributed by atoms with Crippen LogP contribution in [0.3, 0.4) is 0 Å². The van der Waals surface area contributed by atoms with E-state index in [-0.39, 0.29) is 11.9 Å². The van der Waals surface area contributed by atoms with Crippen molar-refractivity contribution in [2.75, 3.05) is 7.05 Å². The highest BCUT2D eigenvalue weighted by Gasteiger charge is 2.18. The Morgan fingerprint density at radius 2 is 2.15 bits per heavy atom. The summed E-state index contributed by atoms with van der Waals surface area (Å²) < 4.78 is 5.02. The van der Waals surface area contributed by atoms with Crippen LogP contribution in [0.25, 0.3) is 28.2 Å². The molecule has 1 amide bonds. The summed E-state index contributed by atoms with van der Waals surface area (Å²) in [5.74, 6) is -0.644. The van der Waals surface area contributed by atoms with E-state index in [1.807, 2.05) is 37.4 Å². The van der Waals surface area contributed by atoms with Crippen molar-refractivity contribution in [1.29, 1.82) is 0 Å². The van der Waals surface area contributed by atoms with Crippen LogP contribution in [0, 0.1) is 0 Å². The highest BCUT2D eigenvalue weighted by atomic mass is 16.4. The lowest BCUT2D eigenvalue weighted by molar-refractivity contribution is -0.347. The van der Waals surface area contributed by atoms with Gasteiger partial charge in [-0.15, -0.1) is 0 Å². The average molecular weight is 363 g/mol. The Kier molecular flexibility index (Phi) is 4.12. The van der Waals surface area contributed by atoms with Crippen molar-refractivity contribution < 1.29 is 14.2 Å². The molecule has 0 spiro atoms. The second kappa shape index (κ2) is 6.60. The second-order valence-corrected chi connectivity index (χ2v) is 6.43. The number of carbonyl (C=O) groups is 1. The van der Waals surface area contributed by atoms with Crippen molar-refractivity contribution in [2.45, 2.75) is 13.0 Å². The Morgan fingerprint density at radius 3 is 3.00 bits per heavy atom. The van der Waals surface area contributed by atoms with E-state index in [4.69, 9.17) is 4.42 Å². The van der Waals surface area contributed by atoms with E-state index in [1.54, 1.807) is 30.3 Å². The third-order valence-corrected chi connectivity index (χ3v) is 4.78. The molecule has 0 bridgehead atoms. The fourth-order valence-corrected chi connectivity index (χ4v) is 3.12. The smallest absolute Gasteiger partial charge is 0.383 e. The van der Waals surface area contributed by atoms with E-state index < -0.39 is 5.76 Å². The quantitative estimate of drug-likeness (QED) is 0.546. The minimum atomic E-state index is -0.522. The Morgan fingerprint density at radius 1 is 1.33 bits per heavy atom. The molecule has 3 heterocycles. The summed E-state index contributed by atoms with van der Waals surface area (Å²) in [5, 5.41) is 1.11. The van der Waals surface area contributed by atoms with Crippen molar-refractivity contribution in [3.8, 4) is 0 Å². The van der Waals surface area contributed by atoms with Gasteiger partial charge in [0, 0.05) is 41.9 Å². The maximum absolute atomic E-state index is 12.6. The molecule has 27 heavy (non-hydrogen) atoms. The number of hydrogen-bond acceptors (Lipinski definition) is 3. The normalized spacial score (nSPS) is 12.8. The third kappa shape index (κ3) is 3.15. The predicted octanol–water partition coefficient (Wildman–Crippen LogP) is 2.65. The number of nitrogens with one attached hydrogen (secondary N) is 3. The molecule has 136 valence electrons. The number of benzene rings is 1.